The molecule has 0 bridgehead atoms. The monoisotopic (exact) mass is 247 g/mol. The zero-order chi connectivity index (χ0) is 13.2. The molecule has 1 aromatic carbocycles. The summed E-state index contributed by atoms with van der Waals surface area (Å²) >= 11 is 0. The summed E-state index contributed by atoms with van der Waals surface area (Å²) in [7, 11) is 0. The molecule has 0 aliphatic carbocycles. The minimum absolute atomic E-state index is 0.345. The summed E-state index contributed by atoms with van der Waals surface area (Å²) in [5.74, 6) is -1.17. The SMILES string of the molecule is CCOCCNC(=O)C(=O)C=Cc1ccccc1. The van der Waals surface area contributed by atoms with Crippen molar-refractivity contribution in [2.24, 2.45) is 0 Å². The largest absolute Gasteiger partial charge is 0.380 e. The molecule has 1 aromatic rings. The van der Waals surface area contributed by atoms with Crippen LogP contribution in [0.2, 0.25) is 0 Å². The lowest BCUT2D eigenvalue weighted by Crippen LogP contribution is -2.32. The van der Waals surface area contributed by atoms with E-state index < -0.39 is 11.7 Å². The number of carbonyl (C=O) groups is 2. The van der Waals surface area contributed by atoms with E-state index >= 15 is 0 Å². The van der Waals surface area contributed by atoms with Gasteiger partial charge in [0.2, 0.25) is 5.78 Å². The van der Waals surface area contributed by atoms with E-state index in [2.05, 4.69) is 5.32 Å². The Balaban J connectivity index is 2.36. The van der Waals surface area contributed by atoms with E-state index in [1.54, 1.807) is 6.08 Å². The number of hydrogen-bond acceptors (Lipinski definition) is 3. The van der Waals surface area contributed by atoms with Gasteiger partial charge in [-0.25, -0.2) is 0 Å². The van der Waals surface area contributed by atoms with Crippen molar-refractivity contribution in [3.05, 3.63) is 42.0 Å². The first-order chi connectivity index (χ1) is 8.74. The Bertz CT molecular complexity index is 412. The van der Waals surface area contributed by atoms with Crippen LogP contribution in [0.1, 0.15) is 12.5 Å². The normalized spacial score (nSPS) is 10.5. The maximum Gasteiger partial charge on any atom is 0.291 e. The van der Waals surface area contributed by atoms with Crippen molar-refractivity contribution >= 4 is 17.8 Å². The number of nitrogens with one attached hydrogen (secondary N) is 1. The van der Waals surface area contributed by atoms with Gasteiger partial charge in [-0.05, 0) is 18.6 Å². The zero-order valence-electron chi connectivity index (χ0n) is 10.4. The summed E-state index contributed by atoms with van der Waals surface area (Å²) in [4.78, 5) is 22.8. The van der Waals surface area contributed by atoms with Gasteiger partial charge in [-0.15, -0.1) is 0 Å². The molecule has 0 heterocycles. The number of hydrogen-bond donors (Lipinski definition) is 1. The Morgan fingerprint density at radius 1 is 1.28 bits per heavy atom. The summed E-state index contributed by atoms with van der Waals surface area (Å²) < 4.78 is 5.05. The summed E-state index contributed by atoms with van der Waals surface area (Å²) in [6.45, 7) is 3.23. The number of ketones is 1. The van der Waals surface area contributed by atoms with Crippen LogP contribution in [-0.4, -0.2) is 31.4 Å². The molecule has 0 atom stereocenters. The predicted molar refractivity (Wildman–Crippen MR) is 70.0 cm³/mol. The molecular weight excluding hydrogens is 230 g/mol. The van der Waals surface area contributed by atoms with E-state index in [9.17, 15) is 9.59 Å². The highest BCUT2D eigenvalue weighted by Gasteiger charge is 2.08. The van der Waals surface area contributed by atoms with Crippen LogP contribution in [0.4, 0.5) is 0 Å². The molecule has 1 rings (SSSR count). The average Bonchev–Trinajstić information content (AvgIpc) is 2.42. The third-order valence-electron chi connectivity index (χ3n) is 2.19. The predicted octanol–water partition coefficient (Wildman–Crippen LogP) is 1.42. The number of carbonyl (C=O) groups excluding carboxylic acids is 2. The molecule has 0 saturated heterocycles. The first kappa shape index (κ1) is 14.1. The smallest absolute Gasteiger partial charge is 0.291 e. The van der Waals surface area contributed by atoms with E-state index in [1.165, 1.54) is 6.08 Å². The maximum atomic E-state index is 11.4. The van der Waals surface area contributed by atoms with Gasteiger partial charge >= 0.3 is 0 Å². The molecule has 0 fully saturated rings. The maximum absolute atomic E-state index is 11.4. The molecule has 0 aliphatic rings. The highest BCUT2D eigenvalue weighted by atomic mass is 16.5. The van der Waals surface area contributed by atoms with E-state index in [0.29, 0.717) is 19.8 Å². The minimum atomic E-state index is -0.609. The van der Waals surface area contributed by atoms with Gasteiger partial charge in [0.25, 0.3) is 5.91 Å². The topological polar surface area (TPSA) is 55.4 Å². The first-order valence-corrected chi connectivity index (χ1v) is 5.87. The molecule has 1 N–H and O–H groups in total. The van der Waals surface area contributed by atoms with Crippen molar-refractivity contribution in [3.8, 4) is 0 Å². The van der Waals surface area contributed by atoms with E-state index in [1.807, 2.05) is 37.3 Å². The lowest BCUT2D eigenvalue weighted by Gasteiger charge is -2.02. The number of ether oxygens (including phenoxy) is 1. The lowest BCUT2D eigenvalue weighted by atomic mass is 10.2. The second-order valence-electron chi connectivity index (χ2n) is 3.56. The molecule has 0 radical (unpaired) electrons. The summed E-state index contributed by atoms with van der Waals surface area (Å²) in [6, 6.07) is 9.34. The van der Waals surface area contributed by atoms with E-state index in [4.69, 9.17) is 4.74 Å². The van der Waals surface area contributed by atoms with Crippen molar-refractivity contribution in [2.75, 3.05) is 19.8 Å². The van der Waals surface area contributed by atoms with E-state index in [0.717, 1.165) is 5.56 Å². The third-order valence-corrected chi connectivity index (χ3v) is 2.19. The molecule has 96 valence electrons. The fourth-order valence-corrected chi connectivity index (χ4v) is 1.28. The first-order valence-electron chi connectivity index (χ1n) is 5.87. The van der Waals surface area contributed by atoms with Crippen LogP contribution >= 0.6 is 0 Å². The van der Waals surface area contributed by atoms with Gasteiger partial charge in [-0.2, -0.15) is 0 Å². The minimum Gasteiger partial charge on any atom is -0.380 e. The number of benzene rings is 1. The molecule has 0 saturated carbocycles. The molecule has 0 aromatic heterocycles. The van der Waals surface area contributed by atoms with Crippen molar-refractivity contribution in [2.45, 2.75) is 6.92 Å². The van der Waals surface area contributed by atoms with Crippen LogP contribution in [0, 0.1) is 0 Å². The standard InChI is InChI=1S/C14H17NO3/c1-2-18-11-10-15-14(17)13(16)9-8-12-6-4-3-5-7-12/h3-9H,2,10-11H2,1H3,(H,15,17). The van der Waals surface area contributed by atoms with Gasteiger partial charge in [0.05, 0.1) is 6.61 Å². The molecular formula is C14H17NO3. The summed E-state index contributed by atoms with van der Waals surface area (Å²) in [5, 5.41) is 2.49. The van der Waals surface area contributed by atoms with Crippen molar-refractivity contribution in [1.82, 2.24) is 5.32 Å². The van der Waals surface area contributed by atoms with Crippen molar-refractivity contribution < 1.29 is 14.3 Å². The third kappa shape index (κ3) is 5.41. The molecule has 4 heteroatoms. The van der Waals surface area contributed by atoms with Crippen LogP contribution in [0.3, 0.4) is 0 Å². The van der Waals surface area contributed by atoms with Gasteiger partial charge in [0.15, 0.2) is 0 Å². The van der Waals surface area contributed by atoms with Crippen LogP contribution in [0.15, 0.2) is 36.4 Å². The Hall–Kier alpha value is -1.94. The molecule has 0 spiro atoms. The van der Waals surface area contributed by atoms with Crippen molar-refractivity contribution in [1.29, 1.82) is 0 Å². The highest BCUT2D eigenvalue weighted by molar-refractivity contribution is 6.41. The van der Waals surface area contributed by atoms with Crippen LogP contribution < -0.4 is 5.32 Å². The fourth-order valence-electron chi connectivity index (χ4n) is 1.28. The van der Waals surface area contributed by atoms with Gasteiger partial charge in [-0.3, -0.25) is 9.59 Å². The Morgan fingerprint density at radius 2 is 2.00 bits per heavy atom. The van der Waals surface area contributed by atoms with Gasteiger partial charge < -0.3 is 10.1 Å². The van der Waals surface area contributed by atoms with E-state index in [-0.39, 0.29) is 0 Å². The highest BCUT2D eigenvalue weighted by Crippen LogP contribution is 2.00. The van der Waals surface area contributed by atoms with Crippen LogP contribution in [0.5, 0.6) is 0 Å². The average molecular weight is 247 g/mol. The molecule has 4 nitrogen and oxygen atoms in total. The van der Waals surface area contributed by atoms with Crippen molar-refractivity contribution in [3.63, 3.8) is 0 Å². The lowest BCUT2D eigenvalue weighted by molar-refractivity contribution is -0.135. The van der Waals surface area contributed by atoms with Crippen LogP contribution in [0.25, 0.3) is 6.08 Å². The molecule has 18 heavy (non-hydrogen) atoms. The zero-order valence-corrected chi connectivity index (χ0v) is 10.4. The van der Waals surface area contributed by atoms with Crippen LogP contribution in [-0.2, 0) is 14.3 Å². The molecule has 1 amide bonds. The van der Waals surface area contributed by atoms with Gasteiger partial charge in [-0.1, -0.05) is 36.4 Å². The molecule has 0 unspecified atom stereocenters. The van der Waals surface area contributed by atoms with Gasteiger partial charge in [0.1, 0.15) is 0 Å². The Morgan fingerprint density at radius 3 is 2.67 bits per heavy atom. The second-order valence-corrected chi connectivity index (χ2v) is 3.56. The number of amides is 1. The number of rotatable bonds is 7. The van der Waals surface area contributed by atoms with Gasteiger partial charge in [0, 0.05) is 13.2 Å². The molecule has 0 aliphatic heterocycles. The summed E-state index contributed by atoms with van der Waals surface area (Å²) in [5.41, 5.74) is 0.882. The quantitative estimate of drug-likeness (QED) is 0.450. The summed E-state index contributed by atoms with van der Waals surface area (Å²) in [6.07, 6.45) is 2.88. The Kier molecular flexibility index (Phi) is 6.43. The fraction of sp³-hybridized carbons (Fsp3) is 0.286. The second kappa shape index (κ2) is 8.20. The Labute approximate surface area is 107 Å².